The Morgan fingerprint density at radius 1 is 1.06 bits per heavy atom. The van der Waals surface area contributed by atoms with E-state index in [4.69, 9.17) is 0 Å². The van der Waals surface area contributed by atoms with Crippen LogP contribution in [0.2, 0.25) is 0 Å². The molecule has 0 spiro atoms. The quantitative estimate of drug-likeness (QED) is 0.577. The van der Waals surface area contributed by atoms with Crippen molar-refractivity contribution < 1.29 is 22.8 Å². The molecule has 0 aliphatic rings. The van der Waals surface area contributed by atoms with E-state index >= 15 is 0 Å². The molecule has 0 bridgehead atoms. The highest BCUT2D eigenvalue weighted by Crippen LogP contribution is 2.30. The number of carbonyl (C=O) groups is 2. The zero-order valence-electron chi connectivity index (χ0n) is 17.7. The minimum absolute atomic E-state index is 0.0560. The number of carbonyl (C=O) groups excluding carboxylic acids is 2. The molecule has 0 aliphatic carbocycles. The summed E-state index contributed by atoms with van der Waals surface area (Å²) >= 11 is 0. The lowest BCUT2D eigenvalue weighted by Gasteiger charge is -2.28. The van der Waals surface area contributed by atoms with Crippen molar-refractivity contribution in [1.29, 1.82) is 0 Å². The van der Waals surface area contributed by atoms with Crippen LogP contribution in [-0.4, -0.2) is 36.0 Å². The van der Waals surface area contributed by atoms with Crippen LogP contribution in [0.15, 0.2) is 54.6 Å². The SMILES string of the molecule is CCC(C)N(CCC(=O)NCCc1ccccc1)C(=O)Nc1cccc(C(F)(F)F)c1. The van der Waals surface area contributed by atoms with Crippen LogP contribution >= 0.6 is 0 Å². The van der Waals surface area contributed by atoms with Crippen LogP contribution in [0.4, 0.5) is 23.7 Å². The molecule has 0 radical (unpaired) electrons. The number of anilines is 1. The van der Waals surface area contributed by atoms with E-state index < -0.39 is 17.8 Å². The molecule has 0 saturated carbocycles. The number of nitrogens with zero attached hydrogens (tertiary/aromatic N) is 1. The van der Waals surface area contributed by atoms with Crippen molar-refractivity contribution in [3.63, 3.8) is 0 Å². The number of hydrogen-bond donors (Lipinski definition) is 2. The predicted octanol–water partition coefficient (Wildman–Crippen LogP) is 5.09. The fourth-order valence-electron chi connectivity index (χ4n) is 3.01. The van der Waals surface area contributed by atoms with Crippen LogP contribution in [0.1, 0.15) is 37.8 Å². The largest absolute Gasteiger partial charge is 0.416 e. The summed E-state index contributed by atoms with van der Waals surface area (Å²) in [5, 5.41) is 5.35. The number of hydrogen-bond acceptors (Lipinski definition) is 2. The summed E-state index contributed by atoms with van der Waals surface area (Å²) in [6.07, 6.45) is -3.03. The van der Waals surface area contributed by atoms with Crippen molar-refractivity contribution >= 4 is 17.6 Å². The standard InChI is InChI=1S/C23H28F3N3O2/c1-3-17(2)29(15-13-21(30)27-14-12-18-8-5-4-6-9-18)22(31)28-20-11-7-10-19(16-20)23(24,25)26/h4-11,16-17H,3,12-15H2,1-2H3,(H,27,30)(H,28,31). The normalized spacial score (nSPS) is 12.2. The average molecular weight is 435 g/mol. The predicted molar refractivity (Wildman–Crippen MR) is 115 cm³/mol. The topological polar surface area (TPSA) is 61.4 Å². The first-order valence-electron chi connectivity index (χ1n) is 10.3. The van der Waals surface area contributed by atoms with Crippen LogP contribution in [0.5, 0.6) is 0 Å². The van der Waals surface area contributed by atoms with Crippen molar-refractivity contribution in [3.8, 4) is 0 Å². The maximum absolute atomic E-state index is 12.9. The van der Waals surface area contributed by atoms with Gasteiger partial charge in [-0.15, -0.1) is 0 Å². The molecule has 1 unspecified atom stereocenters. The molecule has 2 aromatic carbocycles. The fourth-order valence-corrected chi connectivity index (χ4v) is 3.01. The Morgan fingerprint density at radius 2 is 1.77 bits per heavy atom. The molecule has 0 heterocycles. The van der Waals surface area contributed by atoms with Gasteiger partial charge < -0.3 is 15.5 Å². The van der Waals surface area contributed by atoms with E-state index in [1.807, 2.05) is 44.2 Å². The molecular formula is C23H28F3N3O2. The van der Waals surface area contributed by atoms with E-state index in [0.29, 0.717) is 19.4 Å². The lowest BCUT2D eigenvalue weighted by atomic mass is 10.1. The summed E-state index contributed by atoms with van der Waals surface area (Å²) in [4.78, 5) is 26.3. The molecule has 0 aromatic heterocycles. The van der Waals surface area contributed by atoms with Crippen molar-refractivity contribution in [3.05, 3.63) is 65.7 Å². The van der Waals surface area contributed by atoms with Crippen LogP contribution in [0.25, 0.3) is 0 Å². The average Bonchev–Trinajstić information content (AvgIpc) is 2.74. The van der Waals surface area contributed by atoms with E-state index in [2.05, 4.69) is 10.6 Å². The second kappa shape index (κ2) is 11.4. The van der Waals surface area contributed by atoms with E-state index in [1.54, 1.807) is 0 Å². The second-order valence-corrected chi connectivity index (χ2v) is 7.29. The van der Waals surface area contributed by atoms with Gasteiger partial charge in [0.2, 0.25) is 5.91 Å². The van der Waals surface area contributed by atoms with Gasteiger partial charge >= 0.3 is 12.2 Å². The highest BCUT2D eigenvalue weighted by atomic mass is 19.4. The van der Waals surface area contributed by atoms with Gasteiger partial charge in [0.25, 0.3) is 0 Å². The first-order valence-corrected chi connectivity index (χ1v) is 10.3. The minimum Gasteiger partial charge on any atom is -0.356 e. The highest BCUT2D eigenvalue weighted by molar-refractivity contribution is 5.90. The van der Waals surface area contributed by atoms with Gasteiger partial charge in [-0.1, -0.05) is 43.3 Å². The zero-order chi connectivity index (χ0) is 22.9. The fraction of sp³-hybridized carbons (Fsp3) is 0.391. The molecule has 2 N–H and O–H groups in total. The van der Waals surface area contributed by atoms with Gasteiger partial charge in [-0.05, 0) is 43.5 Å². The molecule has 2 aromatic rings. The third kappa shape index (κ3) is 7.96. The van der Waals surface area contributed by atoms with Crippen LogP contribution in [0, 0.1) is 0 Å². The van der Waals surface area contributed by atoms with E-state index in [-0.39, 0.29) is 30.6 Å². The van der Waals surface area contributed by atoms with Crippen LogP contribution < -0.4 is 10.6 Å². The molecule has 2 rings (SSSR count). The minimum atomic E-state index is -4.49. The van der Waals surface area contributed by atoms with Gasteiger partial charge in [0, 0.05) is 31.2 Å². The number of amides is 3. The molecule has 0 aliphatic heterocycles. The Hall–Kier alpha value is -3.03. The Morgan fingerprint density at radius 3 is 2.42 bits per heavy atom. The van der Waals surface area contributed by atoms with Gasteiger partial charge in [-0.3, -0.25) is 4.79 Å². The van der Waals surface area contributed by atoms with Crippen LogP contribution in [0.3, 0.4) is 0 Å². The number of rotatable bonds is 9. The first kappa shape index (κ1) is 24.2. The molecule has 0 saturated heterocycles. The monoisotopic (exact) mass is 435 g/mol. The highest BCUT2D eigenvalue weighted by Gasteiger charge is 2.30. The van der Waals surface area contributed by atoms with E-state index in [1.165, 1.54) is 17.0 Å². The summed E-state index contributed by atoms with van der Waals surface area (Å²) < 4.78 is 38.7. The number of urea groups is 1. The number of alkyl halides is 3. The molecule has 3 amide bonds. The molecule has 168 valence electrons. The molecule has 31 heavy (non-hydrogen) atoms. The second-order valence-electron chi connectivity index (χ2n) is 7.29. The molecule has 5 nitrogen and oxygen atoms in total. The summed E-state index contributed by atoms with van der Waals surface area (Å²) in [5.74, 6) is -0.184. The smallest absolute Gasteiger partial charge is 0.356 e. The van der Waals surface area contributed by atoms with Gasteiger partial charge in [0.05, 0.1) is 5.56 Å². The van der Waals surface area contributed by atoms with Crippen molar-refractivity contribution in [2.75, 3.05) is 18.4 Å². The van der Waals surface area contributed by atoms with Crippen molar-refractivity contribution in [1.82, 2.24) is 10.2 Å². The maximum Gasteiger partial charge on any atom is 0.416 e. The van der Waals surface area contributed by atoms with Gasteiger partial charge in [0.15, 0.2) is 0 Å². The molecular weight excluding hydrogens is 407 g/mol. The number of nitrogens with one attached hydrogen (secondary N) is 2. The Kier molecular flexibility index (Phi) is 8.90. The van der Waals surface area contributed by atoms with Crippen LogP contribution in [-0.2, 0) is 17.4 Å². The summed E-state index contributed by atoms with van der Waals surface area (Å²) in [6, 6.07) is 13.5. The summed E-state index contributed by atoms with van der Waals surface area (Å²) in [5.41, 5.74) is 0.336. The maximum atomic E-state index is 12.9. The third-order valence-corrected chi connectivity index (χ3v) is 4.98. The van der Waals surface area contributed by atoms with Gasteiger partial charge in [-0.2, -0.15) is 13.2 Å². The summed E-state index contributed by atoms with van der Waals surface area (Å²) in [6.45, 7) is 4.38. The van der Waals surface area contributed by atoms with E-state index in [0.717, 1.165) is 17.7 Å². The number of halogens is 3. The van der Waals surface area contributed by atoms with Gasteiger partial charge in [-0.25, -0.2) is 4.79 Å². The Balaban J connectivity index is 1.90. The summed E-state index contributed by atoms with van der Waals surface area (Å²) in [7, 11) is 0. The molecule has 8 heteroatoms. The van der Waals surface area contributed by atoms with Crippen molar-refractivity contribution in [2.45, 2.75) is 45.3 Å². The Labute approximate surface area is 180 Å². The zero-order valence-corrected chi connectivity index (χ0v) is 17.7. The van der Waals surface area contributed by atoms with Crippen molar-refractivity contribution in [2.24, 2.45) is 0 Å². The number of benzene rings is 2. The lowest BCUT2D eigenvalue weighted by molar-refractivity contribution is -0.137. The lowest BCUT2D eigenvalue weighted by Crippen LogP contribution is -2.43. The molecule has 1 atom stereocenters. The first-order chi connectivity index (χ1) is 14.7. The van der Waals surface area contributed by atoms with E-state index in [9.17, 15) is 22.8 Å². The molecule has 0 fully saturated rings. The third-order valence-electron chi connectivity index (χ3n) is 4.98. The van der Waals surface area contributed by atoms with Gasteiger partial charge in [0.1, 0.15) is 0 Å². The Bertz CT molecular complexity index is 857.